The first-order chi connectivity index (χ1) is 9.90. The van der Waals surface area contributed by atoms with Crippen LogP contribution in [0.1, 0.15) is 16.7 Å². The van der Waals surface area contributed by atoms with E-state index in [4.69, 9.17) is 5.26 Å². The maximum Gasteiger partial charge on any atom is 0.175 e. The van der Waals surface area contributed by atoms with Gasteiger partial charge < -0.3 is 5.32 Å². The summed E-state index contributed by atoms with van der Waals surface area (Å²) in [6.07, 6.45) is 1.19. The Labute approximate surface area is 125 Å². The average Bonchev–Trinajstić information content (AvgIpc) is 2.45. The molecule has 2 aromatic rings. The SMILES string of the molecule is Cc1ccc(NCc2ccc(S(C)(=O)=O)cc2)c(C#N)c1. The lowest BCUT2D eigenvalue weighted by atomic mass is 10.1. The number of hydrogen-bond acceptors (Lipinski definition) is 4. The molecule has 0 spiro atoms. The number of rotatable bonds is 4. The third-order valence-electron chi connectivity index (χ3n) is 3.13. The molecule has 21 heavy (non-hydrogen) atoms. The second-order valence-corrected chi connectivity index (χ2v) is 6.95. The molecule has 0 aliphatic heterocycles. The number of nitrogens with one attached hydrogen (secondary N) is 1. The molecule has 0 unspecified atom stereocenters. The minimum Gasteiger partial charge on any atom is -0.380 e. The summed E-state index contributed by atoms with van der Waals surface area (Å²) in [4.78, 5) is 0.305. The summed E-state index contributed by atoms with van der Waals surface area (Å²) in [7, 11) is -3.17. The molecule has 4 nitrogen and oxygen atoms in total. The van der Waals surface area contributed by atoms with Crippen LogP contribution >= 0.6 is 0 Å². The summed E-state index contributed by atoms with van der Waals surface area (Å²) in [5.74, 6) is 0. The summed E-state index contributed by atoms with van der Waals surface area (Å²) >= 11 is 0. The zero-order valence-corrected chi connectivity index (χ0v) is 12.7. The van der Waals surface area contributed by atoms with Crippen LogP contribution in [0.15, 0.2) is 47.4 Å². The van der Waals surface area contributed by atoms with Crippen molar-refractivity contribution in [3.63, 3.8) is 0 Å². The summed E-state index contributed by atoms with van der Waals surface area (Å²) in [6, 6.07) is 14.5. The molecule has 0 aliphatic carbocycles. The van der Waals surface area contributed by atoms with Crippen LogP contribution in [0.5, 0.6) is 0 Å². The maximum atomic E-state index is 11.4. The molecule has 1 N–H and O–H groups in total. The van der Waals surface area contributed by atoms with Gasteiger partial charge >= 0.3 is 0 Å². The van der Waals surface area contributed by atoms with Gasteiger partial charge in [0.2, 0.25) is 0 Å². The van der Waals surface area contributed by atoms with Crippen molar-refractivity contribution < 1.29 is 8.42 Å². The van der Waals surface area contributed by atoms with Crippen molar-refractivity contribution in [2.45, 2.75) is 18.4 Å². The highest BCUT2D eigenvalue weighted by Gasteiger charge is 2.06. The van der Waals surface area contributed by atoms with Gasteiger partial charge in [-0.05, 0) is 42.3 Å². The van der Waals surface area contributed by atoms with Crippen molar-refractivity contribution in [3.8, 4) is 6.07 Å². The summed E-state index contributed by atoms with van der Waals surface area (Å²) in [5, 5.41) is 12.3. The van der Waals surface area contributed by atoms with E-state index in [1.165, 1.54) is 6.26 Å². The first-order valence-electron chi connectivity index (χ1n) is 6.44. The Hall–Kier alpha value is -2.32. The number of sulfone groups is 1. The molecule has 0 atom stereocenters. The van der Waals surface area contributed by atoms with E-state index >= 15 is 0 Å². The number of nitrogens with zero attached hydrogens (tertiary/aromatic N) is 1. The summed E-state index contributed by atoms with van der Waals surface area (Å²) in [5.41, 5.74) is 3.36. The molecule has 2 rings (SSSR count). The smallest absolute Gasteiger partial charge is 0.175 e. The van der Waals surface area contributed by atoms with E-state index < -0.39 is 9.84 Å². The van der Waals surface area contributed by atoms with Gasteiger partial charge in [-0.2, -0.15) is 5.26 Å². The predicted molar refractivity (Wildman–Crippen MR) is 82.8 cm³/mol. The zero-order valence-electron chi connectivity index (χ0n) is 11.9. The average molecular weight is 300 g/mol. The fourth-order valence-corrected chi connectivity index (χ4v) is 2.59. The first-order valence-corrected chi connectivity index (χ1v) is 8.33. The molecule has 5 heteroatoms. The van der Waals surface area contributed by atoms with Crippen LogP contribution in [0, 0.1) is 18.3 Å². The van der Waals surface area contributed by atoms with E-state index in [0.29, 0.717) is 17.0 Å². The van der Waals surface area contributed by atoms with Gasteiger partial charge in [0.15, 0.2) is 9.84 Å². The van der Waals surface area contributed by atoms with Gasteiger partial charge in [-0.25, -0.2) is 8.42 Å². The summed E-state index contributed by atoms with van der Waals surface area (Å²) in [6.45, 7) is 2.47. The van der Waals surface area contributed by atoms with E-state index in [9.17, 15) is 8.42 Å². The number of aryl methyl sites for hydroxylation is 1. The van der Waals surface area contributed by atoms with E-state index in [1.54, 1.807) is 24.3 Å². The molecule has 0 bridgehead atoms. The van der Waals surface area contributed by atoms with Crippen LogP contribution in [0.4, 0.5) is 5.69 Å². The van der Waals surface area contributed by atoms with Crippen LogP contribution in [0.3, 0.4) is 0 Å². The molecule has 0 fully saturated rings. The highest BCUT2D eigenvalue weighted by Crippen LogP contribution is 2.18. The van der Waals surface area contributed by atoms with Gasteiger partial charge in [-0.3, -0.25) is 0 Å². The van der Waals surface area contributed by atoms with Crippen molar-refractivity contribution in [2.24, 2.45) is 0 Å². The fourth-order valence-electron chi connectivity index (χ4n) is 1.96. The Balaban J connectivity index is 2.12. The second-order valence-electron chi connectivity index (χ2n) is 4.93. The molecular formula is C16H16N2O2S. The topological polar surface area (TPSA) is 70.0 Å². The second kappa shape index (κ2) is 5.98. The van der Waals surface area contributed by atoms with Gasteiger partial charge in [0.25, 0.3) is 0 Å². The lowest BCUT2D eigenvalue weighted by Crippen LogP contribution is -2.02. The summed E-state index contributed by atoms with van der Waals surface area (Å²) < 4.78 is 22.8. The number of hydrogen-bond donors (Lipinski definition) is 1. The number of anilines is 1. The van der Waals surface area contributed by atoms with Crippen LogP contribution < -0.4 is 5.32 Å². The van der Waals surface area contributed by atoms with Gasteiger partial charge in [-0.1, -0.05) is 18.2 Å². The Morgan fingerprint density at radius 1 is 1.14 bits per heavy atom. The quantitative estimate of drug-likeness (QED) is 0.942. The molecule has 0 heterocycles. The van der Waals surface area contributed by atoms with Crippen molar-refractivity contribution in [2.75, 3.05) is 11.6 Å². The molecular weight excluding hydrogens is 284 g/mol. The minimum absolute atomic E-state index is 0.305. The Bertz CT molecular complexity index is 788. The van der Waals surface area contributed by atoms with E-state index in [2.05, 4.69) is 11.4 Å². The van der Waals surface area contributed by atoms with E-state index in [0.717, 1.165) is 16.8 Å². The number of nitriles is 1. The Kier molecular flexibility index (Phi) is 4.29. The van der Waals surface area contributed by atoms with Crippen molar-refractivity contribution in [1.29, 1.82) is 5.26 Å². The van der Waals surface area contributed by atoms with Crippen LogP contribution in [0.25, 0.3) is 0 Å². The molecule has 0 aliphatic rings. The normalized spacial score (nSPS) is 10.9. The van der Waals surface area contributed by atoms with Crippen molar-refractivity contribution in [3.05, 3.63) is 59.2 Å². The van der Waals surface area contributed by atoms with E-state index in [-0.39, 0.29) is 0 Å². The molecule has 0 aromatic heterocycles. The highest BCUT2D eigenvalue weighted by atomic mass is 32.2. The largest absolute Gasteiger partial charge is 0.380 e. The third-order valence-corrected chi connectivity index (χ3v) is 4.26. The molecule has 0 radical (unpaired) electrons. The molecule has 108 valence electrons. The Morgan fingerprint density at radius 3 is 2.38 bits per heavy atom. The highest BCUT2D eigenvalue weighted by molar-refractivity contribution is 7.90. The third kappa shape index (κ3) is 3.83. The zero-order chi connectivity index (χ0) is 15.5. The van der Waals surface area contributed by atoms with Gasteiger partial charge in [0.05, 0.1) is 16.1 Å². The van der Waals surface area contributed by atoms with Gasteiger partial charge in [0, 0.05) is 12.8 Å². The minimum atomic E-state index is -3.17. The number of benzene rings is 2. The lowest BCUT2D eigenvalue weighted by Gasteiger charge is -2.09. The van der Waals surface area contributed by atoms with Crippen molar-refractivity contribution in [1.82, 2.24) is 0 Å². The van der Waals surface area contributed by atoms with Crippen LogP contribution in [-0.4, -0.2) is 14.7 Å². The monoisotopic (exact) mass is 300 g/mol. The van der Waals surface area contributed by atoms with Crippen LogP contribution in [-0.2, 0) is 16.4 Å². The van der Waals surface area contributed by atoms with E-state index in [1.807, 2.05) is 25.1 Å². The fraction of sp³-hybridized carbons (Fsp3) is 0.188. The maximum absolute atomic E-state index is 11.4. The first kappa shape index (κ1) is 15.1. The molecule has 0 saturated carbocycles. The Morgan fingerprint density at radius 2 is 1.81 bits per heavy atom. The molecule has 0 amide bonds. The van der Waals surface area contributed by atoms with Crippen LogP contribution in [0.2, 0.25) is 0 Å². The molecule has 2 aromatic carbocycles. The van der Waals surface area contributed by atoms with Crippen molar-refractivity contribution >= 4 is 15.5 Å². The van der Waals surface area contributed by atoms with Gasteiger partial charge in [-0.15, -0.1) is 0 Å². The lowest BCUT2D eigenvalue weighted by molar-refractivity contribution is 0.602. The predicted octanol–water partition coefficient (Wildman–Crippen LogP) is 2.88. The molecule has 0 saturated heterocycles. The van der Waals surface area contributed by atoms with Gasteiger partial charge in [0.1, 0.15) is 6.07 Å². The standard InChI is InChI=1S/C16H16N2O2S/c1-12-3-8-16(14(9-12)10-17)18-11-13-4-6-15(7-5-13)21(2,19)20/h3-9,18H,11H2,1-2H3.